The Kier molecular flexibility index (Phi) is 2.91. The van der Waals surface area contributed by atoms with Crippen LogP contribution in [-0.2, 0) is 0 Å². The lowest BCUT2D eigenvalue weighted by Crippen LogP contribution is -1.88. The molecule has 0 amide bonds. The number of hydrogen-bond donors (Lipinski definition) is 1. The SMILES string of the molecule is COc1cc(-c2nc3ccc(Cl)cc3[nH]2)ccc1C. The van der Waals surface area contributed by atoms with Gasteiger partial charge in [-0.05, 0) is 36.8 Å². The van der Waals surface area contributed by atoms with Gasteiger partial charge in [0.15, 0.2) is 0 Å². The first-order chi connectivity index (χ1) is 9.17. The Morgan fingerprint density at radius 2 is 2.00 bits per heavy atom. The summed E-state index contributed by atoms with van der Waals surface area (Å²) in [5.74, 6) is 1.67. The Labute approximate surface area is 116 Å². The first-order valence-electron chi connectivity index (χ1n) is 5.97. The summed E-state index contributed by atoms with van der Waals surface area (Å²) in [7, 11) is 1.67. The molecule has 3 aromatic rings. The highest BCUT2D eigenvalue weighted by molar-refractivity contribution is 6.31. The number of aromatic nitrogens is 2. The molecule has 0 fully saturated rings. The zero-order valence-corrected chi connectivity index (χ0v) is 11.5. The van der Waals surface area contributed by atoms with Gasteiger partial charge < -0.3 is 9.72 Å². The molecule has 0 aliphatic carbocycles. The van der Waals surface area contributed by atoms with Crippen molar-refractivity contribution in [1.82, 2.24) is 9.97 Å². The van der Waals surface area contributed by atoms with Gasteiger partial charge >= 0.3 is 0 Å². The van der Waals surface area contributed by atoms with Gasteiger partial charge in [0, 0.05) is 10.6 Å². The van der Waals surface area contributed by atoms with Crippen LogP contribution in [0.1, 0.15) is 5.56 Å². The molecule has 0 bridgehead atoms. The summed E-state index contributed by atoms with van der Waals surface area (Å²) in [6.45, 7) is 2.01. The van der Waals surface area contributed by atoms with Gasteiger partial charge in [0.1, 0.15) is 11.6 Å². The quantitative estimate of drug-likeness (QED) is 0.759. The number of methoxy groups -OCH3 is 1. The fourth-order valence-corrected chi connectivity index (χ4v) is 2.26. The summed E-state index contributed by atoms with van der Waals surface area (Å²) < 4.78 is 5.34. The van der Waals surface area contributed by atoms with Crippen molar-refractivity contribution < 1.29 is 4.74 Å². The zero-order chi connectivity index (χ0) is 13.4. The summed E-state index contributed by atoms with van der Waals surface area (Å²) in [5.41, 5.74) is 3.93. The van der Waals surface area contributed by atoms with Crippen LogP contribution in [0.25, 0.3) is 22.4 Å². The molecule has 96 valence electrons. The van der Waals surface area contributed by atoms with Crippen LogP contribution in [0.3, 0.4) is 0 Å². The molecule has 0 aliphatic rings. The number of H-pyrrole nitrogens is 1. The van der Waals surface area contributed by atoms with Crippen molar-refractivity contribution in [3.63, 3.8) is 0 Å². The number of ether oxygens (including phenoxy) is 1. The Bertz CT molecular complexity index is 749. The van der Waals surface area contributed by atoms with E-state index in [4.69, 9.17) is 16.3 Å². The van der Waals surface area contributed by atoms with Crippen LogP contribution in [0.15, 0.2) is 36.4 Å². The topological polar surface area (TPSA) is 37.9 Å². The standard InChI is InChI=1S/C15H13ClN2O/c1-9-3-4-10(7-14(9)19-2)15-17-12-6-5-11(16)8-13(12)18-15/h3-8H,1-2H3,(H,17,18). The molecule has 3 rings (SSSR count). The number of halogens is 1. The first kappa shape index (κ1) is 12.1. The zero-order valence-electron chi connectivity index (χ0n) is 10.7. The van der Waals surface area contributed by atoms with Crippen molar-refractivity contribution in [2.45, 2.75) is 6.92 Å². The molecular formula is C15H13ClN2O. The Hall–Kier alpha value is -2.00. The van der Waals surface area contributed by atoms with E-state index in [9.17, 15) is 0 Å². The maximum Gasteiger partial charge on any atom is 0.138 e. The number of rotatable bonds is 2. The summed E-state index contributed by atoms with van der Waals surface area (Å²) in [6, 6.07) is 11.6. The highest BCUT2D eigenvalue weighted by Crippen LogP contribution is 2.27. The maximum atomic E-state index is 5.97. The van der Waals surface area contributed by atoms with Crippen LogP contribution >= 0.6 is 11.6 Å². The van der Waals surface area contributed by atoms with Crippen LogP contribution in [0.5, 0.6) is 5.75 Å². The molecule has 0 radical (unpaired) electrons. The van der Waals surface area contributed by atoms with Crippen molar-refractivity contribution in [1.29, 1.82) is 0 Å². The normalized spacial score (nSPS) is 10.9. The van der Waals surface area contributed by atoms with E-state index in [0.29, 0.717) is 5.02 Å². The molecule has 0 aliphatic heterocycles. The predicted molar refractivity (Wildman–Crippen MR) is 77.8 cm³/mol. The lowest BCUT2D eigenvalue weighted by atomic mass is 10.1. The van der Waals surface area contributed by atoms with Crippen LogP contribution in [-0.4, -0.2) is 17.1 Å². The van der Waals surface area contributed by atoms with Gasteiger partial charge in [-0.3, -0.25) is 0 Å². The van der Waals surface area contributed by atoms with Gasteiger partial charge in [-0.1, -0.05) is 23.7 Å². The molecule has 3 nitrogen and oxygen atoms in total. The molecule has 1 heterocycles. The van der Waals surface area contributed by atoms with Gasteiger partial charge in [-0.2, -0.15) is 0 Å². The average Bonchev–Trinajstić information content (AvgIpc) is 2.82. The lowest BCUT2D eigenvalue weighted by molar-refractivity contribution is 0.412. The van der Waals surface area contributed by atoms with Gasteiger partial charge in [0.05, 0.1) is 18.1 Å². The minimum absolute atomic E-state index is 0.698. The molecule has 0 saturated carbocycles. The second-order valence-corrected chi connectivity index (χ2v) is 4.87. The third-order valence-corrected chi connectivity index (χ3v) is 3.36. The number of fused-ring (bicyclic) bond motifs is 1. The largest absolute Gasteiger partial charge is 0.496 e. The summed E-state index contributed by atoms with van der Waals surface area (Å²) >= 11 is 5.97. The summed E-state index contributed by atoms with van der Waals surface area (Å²) in [6.07, 6.45) is 0. The summed E-state index contributed by atoms with van der Waals surface area (Å²) in [5, 5.41) is 0.698. The van der Waals surface area contributed by atoms with E-state index in [-0.39, 0.29) is 0 Å². The minimum Gasteiger partial charge on any atom is -0.496 e. The number of imidazole rings is 1. The lowest BCUT2D eigenvalue weighted by Gasteiger charge is -2.05. The van der Waals surface area contributed by atoms with Crippen molar-refractivity contribution in [2.24, 2.45) is 0 Å². The summed E-state index contributed by atoms with van der Waals surface area (Å²) in [4.78, 5) is 7.83. The van der Waals surface area contributed by atoms with E-state index in [0.717, 1.165) is 33.7 Å². The fraction of sp³-hybridized carbons (Fsp3) is 0.133. The first-order valence-corrected chi connectivity index (χ1v) is 6.35. The van der Waals surface area contributed by atoms with Crippen LogP contribution < -0.4 is 4.74 Å². The van der Waals surface area contributed by atoms with Gasteiger partial charge in [0.2, 0.25) is 0 Å². The highest BCUT2D eigenvalue weighted by Gasteiger charge is 2.08. The third kappa shape index (κ3) is 2.17. The number of benzene rings is 2. The predicted octanol–water partition coefficient (Wildman–Crippen LogP) is 4.20. The van der Waals surface area contributed by atoms with E-state index in [1.165, 1.54) is 0 Å². The van der Waals surface area contributed by atoms with Gasteiger partial charge in [-0.15, -0.1) is 0 Å². The Balaban J connectivity index is 2.13. The number of nitrogens with one attached hydrogen (secondary N) is 1. The Morgan fingerprint density at radius 1 is 1.16 bits per heavy atom. The molecular weight excluding hydrogens is 260 g/mol. The number of hydrogen-bond acceptors (Lipinski definition) is 2. The third-order valence-electron chi connectivity index (χ3n) is 3.13. The average molecular weight is 273 g/mol. The number of aryl methyl sites for hydroxylation is 1. The molecule has 1 N–H and O–H groups in total. The monoisotopic (exact) mass is 272 g/mol. The van der Waals surface area contributed by atoms with Crippen molar-refractivity contribution in [3.8, 4) is 17.1 Å². The van der Waals surface area contributed by atoms with Crippen molar-refractivity contribution in [3.05, 3.63) is 47.0 Å². The van der Waals surface area contributed by atoms with Gasteiger partial charge in [-0.25, -0.2) is 4.98 Å². The fourth-order valence-electron chi connectivity index (χ4n) is 2.09. The number of aromatic amines is 1. The molecule has 0 unspecified atom stereocenters. The molecule has 1 aromatic heterocycles. The minimum atomic E-state index is 0.698. The van der Waals surface area contributed by atoms with E-state index < -0.39 is 0 Å². The van der Waals surface area contributed by atoms with Crippen molar-refractivity contribution in [2.75, 3.05) is 7.11 Å². The number of nitrogens with zero attached hydrogens (tertiary/aromatic N) is 1. The van der Waals surface area contributed by atoms with E-state index >= 15 is 0 Å². The van der Waals surface area contributed by atoms with Crippen LogP contribution in [0.2, 0.25) is 5.02 Å². The molecule has 19 heavy (non-hydrogen) atoms. The van der Waals surface area contributed by atoms with Crippen molar-refractivity contribution >= 4 is 22.6 Å². The van der Waals surface area contributed by atoms with Crippen LogP contribution in [0, 0.1) is 6.92 Å². The second kappa shape index (κ2) is 4.59. The smallest absolute Gasteiger partial charge is 0.138 e. The molecule has 4 heteroatoms. The van der Waals surface area contributed by atoms with E-state index in [2.05, 4.69) is 9.97 Å². The maximum absolute atomic E-state index is 5.97. The van der Waals surface area contributed by atoms with E-state index in [1.807, 2.05) is 43.3 Å². The molecule has 0 atom stereocenters. The highest BCUT2D eigenvalue weighted by atomic mass is 35.5. The second-order valence-electron chi connectivity index (χ2n) is 4.43. The van der Waals surface area contributed by atoms with Crippen LogP contribution in [0.4, 0.5) is 0 Å². The van der Waals surface area contributed by atoms with Gasteiger partial charge in [0.25, 0.3) is 0 Å². The molecule has 2 aromatic carbocycles. The Morgan fingerprint density at radius 3 is 2.79 bits per heavy atom. The molecule has 0 saturated heterocycles. The van der Waals surface area contributed by atoms with E-state index in [1.54, 1.807) is 7.11 Å². The molecule has 0 spiro atoms.